The zero-order valence-electron chi connectivity index (χ0n) is 16.7. The van der Waals surface area contributed by atoms with Gasteiger partial charge in [0.15, 0.2) is 5.78 Å². The molecule has 31 heavy (non-hydrogen) atoms. The number of likely N-dealkylation sites (N-methyl/N-ethyl adjacent to an activating group) is 1. The van der Waals surface area contributed by atoms with E-state index in [-0.39, 0.29) is 23.3 Å². The Kier molecular flexibility index (Phi) is 4.64. The van der Waals surface area contributed by atoms with Gasteiger partial charge < -0.3 is 5.32 Å². The lowest BCUT2D eigenvalue weighted by atomic mass is 9.71. The van der Waals surface area contributed by atoms with Crippen molar-refractivity contribution in [2.75, 3.05) is 18.9 Å². The molecule has 1 N–H and O–H groups in total. The summed E-state index contributed by atoms with van der Waals surface area (Å²) in [5, 5.41) is 3.45. The number of hydrogen-bond acceptors (Lipinski definition) is 4. The summed E-state index contributed by atoms with van der Waals surface area (Å²) in [6, 6.07) is 16.6. The number of ketones is 1. The molecule has 3 heterocycles. The van der Waals surface area contributed by atoms with Gasteiger partial charge in [-0.15, -0.1) is 0 Å². The molecule has 1 spiro atoms. The minimum Gasteiger partial charge on any atom is -0.324 e. The van der Waals surface area contributed by atoms with Crippen molar-refractivity contribution >= 4 is 29.0 Å². The van der Waals surface area contributed by atoms with Gasteiger partial charge in [0, 0.05) is 34.9 Å². The molecule has 0 bridgehead atoms. The van der Waals surface area contributed by atoms with E-state index < -0.39 is 17.3 Å². The van der Waals surface area contributed by atoms with E-state index in [9.17, 15) is 14.0 Å². The summed E-state index contributed by atoms with van der Waals surface area (Å²) >= 11 is 6.08. The number of rotatable bonds is 3. The molecule has 2 aromatic carbocycles. The lowest BCUT2D eigenvalue weighted by Gasteiger charge is -2.35. The number of likely N-dealkylation sites (tertiary alicyclic amines) is 1. The number of nitrogens with one attached hydrogen (secondary N) is 1. The van der Waals surface area contributed by atoms with Gasteiger partial charge in [-0.2, -0.15) is 0 Å². The summed E-state index contributed by atoms with van der Waals surface area (Å²) in [4.78, 5) is 33.4. The molecule has 1 saturated heterocycles. The molecule has 156 valence electrons. The third kappa shape index (κ3) is 2.90. The second-order valence-electron chi connectivity index (χ2n) is 8.01. The molecule has 3 atom stereocenters. The monoisotopic (exact) mass is 435 g/mol. The standard InChI is InChI=1S/C24H19ClFN3O2/c1-29-13-17(14-5-7-15(25)8-6-14)21(22(30)20-4-2-3-11-27-20)24(29)18-12-16(26)9-10-19(18)28-23(24)31/h2-12,17,21H,13H2,1H3,(H,28,31)/t17-,21-,24+/m1/s1. The molecule has 0 saturated carbocycles. The largest absolute Gasteiger partial charge is 0.324 e. The second kappa shape index (κ2) is 7.25. The van der Waals surface area contributed by atoms with Crippen LogP contribution in [-0.2, 0) is 10.3 Å². The minimum atomic E-state index is -1.34. The van der Waals surface area contributed by atoms with Gasteiger partial charge in [0.25, 0.3) is 0 Å². The number of fused-ring (bicyclic) bond motifs is 2. The molecule has 3 aromatic rings. The molecular weight excluding hydrogens is 417 g/mol. The summed E-state index contributed by atoms with van der Waals surface area (Å²) in [6.07, 6.45) is 1.55. The average Bonchev–Trinajstić information content (AvgIpc) is 3.24. The highest BCUT2D eigenvalue weighted by Gasteiger charge is 2.64. The third-order valence-corrected chi connectivity index (χ3v) is 6.66. The van der Waals surface area contributed by atoms with Gasteiger partial charge in [-0.25, -0.2) is 4.39 Å². The van der Waals surface area contributed by atoms with Gasteiger partial charge in [0.05, 0.1) is 5.92 Å². The Bertz CT molecular complexity index is 1190. The Hall–Kier alpha value is -3.09. The Morgan fingerprint density at radius 3 is 2.68 bits per heavy atom. The van der Waals surface area contributed by atoms with Gasteiger partial charge in [-0.3, -0.25) is 19.5 Å². The molecule has 0 radical (unpaired) electrons. The number of halogens is 2. The van der Waals surface area contributed by atoms with E-state index in [0.717, 1.165) is 5.56 Å². The molecule has 5 nitrogen and oxygen atoms in total. The van der Waals surface area contributed by atoms with Crippen LogP contribution in [-0.4, -0.2) is 35.2 Å². The van der Waals surface area contributed by atoms with Crippen LogP contribution in [0.2, 0.25) is 5.02 Å². The molecule has 1 aromatic heterocycles. The maximum atomic E-state index is 14.3. The van der Waals surface area contributed by atoms with Gasteiger partial charge in [-0.05, 0) is 55.1 Å². The first kappa shape index (κ1) is 19.8. The smallest absolute Gasteiger partial charge is 0.250 e. The number of carbonyl (C=O) groups excluding carboxylic acids is 2. The number of anilines is 1. The number of aromatic nitrogens is 1. The summed E-state index contributed by atoms with van der Waals surface area (Å²) in [7, 11) is 1.80. The zero-order valence-corrected chi connectivity index (χ0v) is 17.4. The number of hydrogen-bond donors (Lipinski definition) is 1. The fraction of sp³-hybridized carbons (Fsp3) is 0.208. The molecule has 2 aliphatic rings. The number of pyridine rings is 1. The second-order valence-corrected chi connectivity index (χ2v) is 8.44. The summed E-state index contributed by atoms with van der Waals surface area (Å²) in [5.41, 5.74) is 0.828. The van der Waals surface area contributed by atoms with Crippen LogP contribution >= 0.6 is 11.6 Å². The Labute approximate surface area is 183 Å². The number of Topliss-reactive ketones (excluding diaryl/α,β-unsaturated/α-hetero) is 1. The summed E-state index contributed by atoms with van der Waals surface area (Å²) in [6.45, 7) is 0.439. The maximum absolute atomic E-state index is 14.3. The van der Waals surface area contributed by atoms with Crippen molar-refractivity contribution in [3.05, 3.63) is 94.5 Å². The highest BCUT2D eigenvalue weighted by molar-refractivity contribution is 6.30. The van der Waals surface area contributed by atoms with Crippen molar-refractivity contribution in [2.24, 2.45) is 5.92 Å². The first-order valence-electron chi connectivity index (χ1n) is 9.96. The summed E-state index contributed by atoms with van der Waals surface area (Å²) in [5.74, 6) is -2.14. The average molecular weight is 436 g/mol. The molecule has 1 amide bonds. The van der Waals surface area contributed by atoms with E-state index in [2.05, 4.69) is 10.3 Å². The van der Waals surface area contributed by atoms with Crippen molar-refractivity contribution in [1.82, 2.24) is 9.88 Å². The summed E-state index contributed by atoms with van der Waals surface area (Å²) < 4.78 is 14.3. The molecule has 2 aliphatic heterocycles. The highest BCUT2D eigenvalue weighted by atomic mass is 35.5. The van der Waals surface area contributed by atoms with E-state index in [4.69, 9.17) is 11.6 Å². The first-order valence-corrected chi connectivity index (χ1v) is 10.3. The molecule has 7 heteroatoms. The Balaban J connectivity index is 1.74. The fourth-order valence-corrected chi connectivity index (χ4v) is 5.22. The lowest BCUT2D eigenvalue weighted by Crippen LogP contribution is -2.51. The van der Waals surface area contributed by atoms with Crippen LogP contribution in [0.1, 0.15) is 27.5 Å². The molecule has 5 rings (SSSR count). The van der Waals surface area contributed by atoms with E-state index >= 15 is 0 Å². The first-order chi connectivity index (χ1) is 14.9. The van der Waals surface area contributed by atoms with Crippen LogP contribution in [0.4, 0.5) is 10.1 Å². The normalized spacial score (nSPS) is 24.9. The SMILES string of the molecule is CN1C[C@H](c2ccc(Cl)cc2)[C@H](C(=O)c2ccccn2)[C@@]12C(=O)Nc1ccc(F)cc12. The highest BCUT2D eigenvalue weighted by Crippen LogP contribution is 2.55. The van der Waals surface area contributed by atoms with Gasteiger partial charge in [-0.1, -0.05) is 29.8 Å². The van der Waals surface area contributed by atoms with E-state index in [1.165, 1.54) is 12.1 Å². The number of nitrogens with zero attached hydrogens (tertiary/aromatic N) is 2. The maximum Gasteiger partial charge on any atom is 0.250 e. The van der Waals surface area contributed by atoms with Crippen molar-refractivity contribution in [3.8, 4) is 0 Å². The van der Waals surface area contributed by atoms with Crippen LogP contribution in [0.5, 0.6) is 0 Å². The van der Waals surface area contributed by atoms with Gasteiger partial charge in [0.1, 0.15) is 17.1 Å². The van der Waals surface area contributed by atoms with Crippen molar-refractivity contribution in [1.29, 1.82) is 0 Å². The van der Waals surface area contributed by atoms with Crippen molar-refractivity contribution in [3.63, 3.8) is 0 Å². The van der Waals surface area contributed by atoms with Crippen LogP contribution in [0.3, 0.4) is 0 Å². The zero-order chi connectivity index (χ0) is 21.8. The van der Waals surface area contributed by atoms with Gasteiger partial charge in [0.2, 0.25) is 5.91 Å². The number of carbonyl (C=O) groups is 2. The van der Waals surface area contributed by atoms with Crippen LogP contribution in [0.15, 0.2) is 66.9 Å². The van der Waals surface area contributed by atoms with Crippen molar-refractivity contribution in [2.45, 2.75) is 11.5 Å². The Morgan fingerprint density at radius 2 is 1.97 bits per heavy atom. The van der Waals surface area contributed by atoms with Crippen LogP contribution in [0.25, 0.3) is 0 Å². The predicted octanol–water partition coefficient (Wildman–Crippen LogP) is 4.25. The number of benzene rings is 2. The van der Waals surface area contributed by atoms with Crippen molar-refractivity contribution < 1.29 is 14.0 Å². The van der Waals surface area contributed by atoms with E-state index in [1.807, 2.05) is 17.0 Å². The molecule has 0 aliphatic carbocycles. The third-order valence-electron chi connectivity index (χ3n) is 6.41. The predicted molar refractivity (Wildman–Crippen MR) is 116 cm³/mol. The fourth-order valence-electron chi connectivity index (χ4n) is 5.09. The topological polar surface area (TPSA) is 62.3 Å². The quantitative estimate of drug-likeness (QED) is 0.625. The number of amides is 1. The Morgan fingerprint density at radius 1 is 1.19 bits per heavy atom. The molecule has 0 unspecified atom stereocenters. The van der Waals surface area contributed by atoms with Crippen LogP contribution in [0, 0.1) is 11.7 Å². The van der Waals surface area contributed by atoms with Crippen LogP contribution < -0.4 is 5.32 Å². The molecular formula is C24H19ClFN3O2. The van der Waals surface area contributed by atoms with E-state index in [0.29, 0.717) is 22.8 Å². The van der Waals surface area contributed by atoms with E-state index in [1.54, 1.807) is 49.6 Å². The van der Waals surface area contributed by atoms with Gasteiger partial charge >= 0.3 is 0 Å². The lowest BCUT2D eigenvalue weighted by molar-refractivity contribution is -0.126. The molecule has 1 fully saturated rings. The minimum absolute atomic E-state index is 0.253.